The summed E-state index contributed by atoms with van der Waals surface area (Å²) in [5.41, 5.74) is 6.31. The Labute approximate surface area is 109 Å². The van der Waals surface area contributed by atoms with E-state index in [0.29, 0.717) is 6.04 Å². The van der Waals surface area contributed by atoms with Gasteiger partial charge in [0.15, 0.2) is 0 Å². The van der Waals surface area contributed by atoms with Crippen molar-refractivity contribution < 1.29 is 0 Å². The molecule has 0 spiro atoms. The molecular weight excluding hydrogens is 228 g/mol. The van der Waals surface area contributed by atoms with Crippen LogP contribution < -0.4 is 5.73 Å². The molecule has 1 aliphatic carbocycles. The SMILES string of the molecule is CCC(N)C(c1cccs1)N(C)CC1CC1C. The van der Waals surface area contributed by atoms with Gasteiger partial charge in [-0.2, -0.15) is 0 Å². The Bertz CT molecular complexity index is 336. The zero-order valence-electron chi connectivity index (χ0n) is 11.1. The molecule has 1 saturated carbocycles. The smallest absolute Gasteiger partial charge is 0.0590 e. The molecule has 1 fully saturated rings. The van der Waals surface area contributed by atoms with Crippen molar-refractivity contribution in [3.63, 3.8) is 0 Å². The average molecular weight is 252 g/mol. The Kier molecular flexibility index (Phi) is 4.23. The molecule has 0 amide bonds. The number of likely N-dealkylation sites (N-methyl/N-ethyl adjacent to an activating group) is 1. The second-order valence-electron chi connectivity index (χ2n) is 5.45. The molecule has 96 valence electrons. The lowest BCUT2D eigenvalue weighted by Crippen LogP contribution is -2.39. The lowest BCUT2D eigenvalue weighted by molar-refractivity contribution is 0.202. The predicted octanol–water partition coefficient (Wildman–Crippen LogP) is 3.11. The lowest BCUT2D eigenvalue weighted by atomic mass is 10.0. The predicted molar refractivity (Wildman–Crippen MR) is 75.2 cm³/mol. The molecule has 0 bridgehead atoms. The molecule has 0 aromatic carbocycles. The molecule has 0 saturated heterocycles. The third-order valence-corrected chi connectivity index (χ3v) is 4.93. The van der Waals surface area contributed by atoms with Crippen LogP contribution in [-0.4, -0.2) is 24.5 Å². The van der Waals surface area contributed by atoms with Crippen LogP contribution in [0.5, 0.6) is 0 Å². The summed E-state index contributed by atoms with van der Waals surface area (Å²) in [4.78, 5) is 3.88. The second-order valence-corrected chi connectivity index (χ2v) is 6.42. The summed E-state index contributed by atoms with van der Waals surface area (Å²) < 4.78 is 0. The molecule has 3 heteroatoms. The van der Waals surface area contributed by atoms with Crippen molar-refractivity contribution in [2.75, 3.05) is 13.6 Å². The minimum atomic E-state index is 0.243. The van der Waals surface area contributed by atoms with Crippen LogP contribution in [0.4, 0.5) is 0 Å². The minimum Gasteiger partial charge on any atom is -0.326 e. The van der Waals surface area contributed by atoms with Gasteiger partial charge in [0.05, 0.1) is 6.04 Å². The molecule has 2 rings (SSSR count). The third-order valence-electron chi connectivity index (χ3n) is 3.99. The highest BCUT2D eigenvalue weighted by Gasteiger charge is 2.35. The molecule has 1 aromatic rings. The normalized spacial score (nSPS) is 27.1. The topological polar surface area (TPSA) is 29.3 Å². The van der Waals surface area contributed by atoms with Gasteiger partial charge < -0.3 is 5.73 Å². The number of thiophene rings is 1. The van der Waals surface area contributed by atoms with Crippen LogP contribution in [0.1, 0.15) is 37.6 Å². The van der Waals surface area contributed by atoms with E-state index in [4.69, 9.17) is 5.73 Å². The van der Waals surface area contributed by atoms with Crippen LogP contribution in [0.2, 0.25) is 0 Å². The molecule has 0 aliphatic heterocycles. The number of hydrogen-bond donors (Lipinski definition) is 1. The highest BCUT2D eigenvalue weighted by Crippen LogP contribution is 2.40. The van der Waals surface area contributed by atoms with Crippen molar-refractivity contribution in [3.05, 3.63) is 22.4 Å². The van der Waals surface area contributed by atoms with E-state index >= 15 is 0 Å². The van der Waals surface area contributed by atoms with Crippen molar-refractivity contribution in [2.45, 2.75) is 38.8 Å². The van der Waals surface area contributed by atoms with Crippen molar-refractivity contribution in [1.29, 1.82) is 0 Å². The highest BCUT2D eigenvalue weighted by molar-refractivity contribution is 7.10. The van der Waals surface area contributed by atoms with E-state index in [9.17, 15) is 0 Å². The third kappa shape index (κ3) is 3.09. The van der Waals surface area contributed by atoms with Gasteiger partial charge in [0.1, 0.15) is 0 Å². The largest absolute Gasteiger partial charge is 0.326 e. The molecule has 1 aliphatic rings. The molecule has 4 unspecified atom stereocenters. The molecule has 2 nitrogen and oxygen atoms in total. The Morgan fingerprint density at radius 3 is 2.76 bits per heavy atom. The van der Waals surface area contributed by atoms with Gasteiger partial charge in [0.2, 0.25) is 0 Å². The maximum atomic E-state index is 6.31. The van der Waals surface area contributed by atoms with Crippen LogP contribution >= 0.6 is 11.3 Å². The number of hydrogen-bond acceptors (Lipinski definition) is 3. The van der Waals surface area contributed by atoms with Crippen LogP contribution in [0.3, 0.4) is 0 Å². The first-order valence-electron chi connectivity index (χ1n) is 6.62. The Balaban J connectivity index is 2.04. The summed E-state index contributed by atoms with van der Waals surface area (Å²) in [7, 11) is 2.23. The maximum absolute atomic E-state index is 6.31. The monoisotopic (exact) mass is 252 g/mol. The molecule has 4 atom stereocenters. The summed E-state index contributed by atoms with van der Waals surface area (Å²) in [5, 5.41) is 2.15. The summed E-state index contributed by atoms with van der Waals surface area (Å²) in [6, 6.07) is 4.99. The molecule has 17 heavy (non-hydrogen) atoms. The van der Waals surface area contributed by atoms with Crippen LogP contribution in [-0.2, 0) is 0 Å². The first-order valence-corrected chi connectivity index (χ1v) is 7.50. The Morgan fingerprint density at radius 1 is 1.59 bits per heavy atom. The Morgan fingerprint density at radius 2 is 2.29 bits per heavy atom. The fraction of sp³-hybridized carbons (Fsp3) is 0.714. The lowest BCUT2D eigenvalue weighted by Gasteiger charge is -2.31. The standard InChI is InChI=1S/C14H24N2S/c1-4-12(15)14(13-6-5-7-17-13)16(3)9-11-8-10(11)2/h5-7,10-12,14H,4,8-9,15H2,1-3H3. The molecule has 1 heterocycles. The first-order chi connectivity index (χ1) is 8.13. The summed E-state index contributed by atoms with van der Waals surface area (Å²) >= 11 is 1.83. The average Bonchev–Trinajstić information content (AvgIpc) is 2.81. The van der Waals surface area contributed by atoms with E-state index < -0.39 is 0 Å². The maximum Gasteiger partial charge on any atom is 0.0590 e. The van der Waals surface area contributed by atoms with E-state index in [2.05, 4.69) is 43.3 Å². The van der Waals surface area contributed by atoms with Gasteiger partial charge in [-0.3, -0.25) is 4.90 Å². The Hall–Kier alpha value is -0.380. The fourth-order valence-electron chi connectivity index (χ4n) is 2.57. The zero-order chi connectivity index (χ0) is 12.4. The zero-order valence-corrected chi connectivity index (χ0v) is 11.9. The van der Waals surface area contributed by atoms with Gasteiger partial charge in [-0.15, -0.1) is 11.3 Å². The van der Waals surface area contributed by atoms with E-state index in [1.807, 2.05) is 11.3 Å². The van der Waals surface area contributed by atoms with Crippen LogP contribution in [0, 0.1) is 11.8 Å². The van der Waals surface area contributed by atoms with Crippen molar-refractivity contribution in [3.8, 4) is 0 Å². The summed E-state index contributed by atoms with van der Waals surface area (Å²) in [6.07, 6.45) is 2.43. The quantitative estimate of drug-likeness (QED) is 0.843. The van der Waals surface area contributed by atoms with E-state index in [0.717, 1.165) is 18.3 Å². The molecule has 1 aromatic heterocycles. The fourth-order valence-corrected chi connectivity index (χ4v) is 3.54. The summed E-state index contributed by atoms with van der Waals surface area (Å²) in [5.74, 6) is 1.81. The van der Waals surface area contributed by atoms with E-state index in [-0.39, 0.29) is 6.04 Å². The second kappa shape index (κ2) is 5.51. The molecule has 0 radical (unpaired) electrons. The first kappa shape index (κ1) is 13.1. The van der Waals surface area contributed by atoms with E-state index in [1.165, 1.54) is 17.8 Å². The highest BCUT2D eigenvalue weighted by atomic mass is 32.1. The summed E-state index contributed by atoms with van der Waals surface area (Å²) in [6.45, 7) is 5.72. The number of nitrogens with two attached hydrogens (primary N) is 1. The van der Waals surface area contributed by atoms with Gasteiger partial charge in [-0.1, -0.05) is 19.9 Å². The van der Waals surface area contributed by atoms with Crippen molar-refractivity contribution in [1.82, 2.24) is 4.90 Å². The van der Waals surface area contributed by atoms with Crippen LogP contribution in [0.15, 0.2) is 17.5 Å². The number of nitrogens with zero attached hydrogens (tertiary/aromatic N) is 1. The van der Waals surface area contributed by atoms with E-state index in [1.54, 1.807) is 0 Å². The molecular formula is C14H24N2S. The van der Waals surface area contributed by atoms with Gasteiger partial charge in [-0.25, -0.2) is 0 Å². The van der Waals surface area contributed by atoms with Crippen molar-refractivity contribution in [2.24, 2.45) is 17.6 Å². The van der Waals surface area contributed by atoms with Gasteiger partial charge in [-0.05, 0) is 43.2 Å². The number of rotatable bonds is 6. The molecule has 2 N–H and O–H groups in total. The van der Waals surface area contributed by atoms with Gasteiger partial charge in [0.25, 0.3) is 0 Å². The van der Waals surface area contributed by atoms with Gasteiger partial charge in [0, 0.05) is 17.5 Å². The van der Waals surface area contributed by atoms with Crippen LogP contribution in [0.25, 0.3) is 0 Å². The minimum absolute atomic E-state index is 0.243. The van der Waals surface area contributed by atoms with Gasteiger partial charge >= 0.3 is 0 Å². The van der Waals surface area contributed by atoms with Crippen molar-refractivity contribution >= 4 is 11.3 Å².